The third-order valence-corrected chi connectivity index (χ3v) is 7.04. The SMILES string of the molecule is Cc1cc(C)c(-c2nc3c([nH]2)COCC3)cc1C(=O)N1CCC(c2ccc(CF)cc2)CC1. The minimum Gasteiger partial charge on any atom is -0.375 e. The van der Waals surface area contributed by atoms with Crippen LogP contribution in [0.4, 0.5) is 4.39 Å². The Kier molecular flexibility index (Phi) is 6.02. The largest absolute Gasteiger partial charge is 0.375 e. The van der Waals surface area contributed by atoms with Crippen molar-refractivity contribution in [2.45, 2.75) is 52.3 Å². The summed E-state index contributed by atoms with van der Waals surface area (Å²) < 4.78 is 18.3. The maximum atomic E-state index is 13.5. The number of aryl methyl sites for hydroxylation is 2. The molecule has 2 aromatic carbocycles. The number of likely N-dealkylation sites (tertiary alicyclic amines) is 1. The van der Waals surface area contributed by atoms with Gasteiger partial charge < -0.3 is 14.6 Å². The van der Waals surface area contributed by atoms with Gasteiger partial charge in [0.05, 0.1) is 24.6 Å². The predicted molar refractivity (Wildman–Crippen MR) is 126 cm³/mol. The topological polar surface area (TPSA) is 58.2 Å². The fourth-order valence-electron chi connectivity index (χ4n) is 5.05. The van der Waals surface area contributed by atoms with E-state index in [1.165, 1.54) is 5.56 Å². The van der Waals surface area contributed by atoms with Crippen molar-refractivity contribution in [1.29, 1.82) is 0 Å². The second-order valence-corrected chi connectivity index (χ2v) is 9.24. The van der Waals surface area contributed by atoms with Crippen LogP contribution in [-0.2, 0) is 24.4 Å². The monoisotopic (exact) mass is 447 g/mol. The molecule has 0 radical (unpaired) electrons. The third kappa shape index (κ3) is 4.32. The molecule has 1 fully saturated rings. The van der Waals surface area contributed by atoms with Gasteiger partial charge in [-0.25, -0.2) is 9.37 Å². The summed E-state index contributed by atoms with van der Waals surface area (Å²) in [6, 6.07) is 11.9. The van der Waals surface area contributed by atoms with Gasteiger partial charge in [-0.2, -0.15) is 0 Å². The van der Waals surface area contributed by atoms with E-state index < -0.39 is 6.67 Å². The first-order valence-corrected chi connectivity index (χ1v) is 11.7. The molecule has 0 aliphatic carbocycles. The molecule has 0 spiro atoms. The summed E-state index contributed by atoms with van der Waals surface area (Å²) in [5, 5.41) is 0. The van der Waals surface area contributed by atoms with E-state index in [2.05, 4.69) is 18.0 Å². The van der Waals surface area contributed by atoms with Gasteiger partial charge in [0.25, 0.3) is 5.91 Å². The Bertz CT molecular complexity index is 1140. The maximum absolute atomic E-state index is 13.5. The number of hydrogen-bond donors (Lipinski definition) is 1. The van der Waals surface area contributed by atoms with Gasteiger partial charge in [-0.1, -0.05) is 30.3 Å². The van der Waals surface area contributed by atoms with Crippen LogP contribution in [-0.4, -0.2) is 40.5 Å². The molecule has 1 amide bonds. The summed E-state index contributed by atoms with van der Waals surface area (Å²) in [6.45, 7) is 6.35. The lowest BCUT2D eigenvalue weighted by molar-refractivity contribution is 0.0712. The number of hydrogen-bond acceptors (Lipinski definition) is 3. The van der Waals surface area contributed by atoms with E-state index in [1.54, 1.807) is 0 Å². The average Bonchev–Trinajstić information content (AvgIpc) is 3.28. The average molecular weight is 448 g/mol. The Hall–Kier alpha value is -2.99. The predicted octanol–water partition coefficient (Wildman–Crippen LogP) is 5.26. The van der Waals surface area contributed by atoms with E-state index >= 15 is 0 Å². The van der Waals surface area contributed by atoms with Crippen LogP contribution in [0.5, 0.6) is 0 Å². The summed E-state index contributed by atoms with van der Waals surface area (Å²) in [6.07, 6.45) is 2.65. The number of amides is 1. The van der Waals surface area contributed by atoms with Gasteiger partial charge in [0, 0.05) is 30.6 Å². The highest BCUT2D eigenvalue weighted by molar-refractivity contribution is 5.97. The molecule has 0 atom stereocenters. The number of H-pyrrole nitrogens is 1. The molecule has 3 aromatic rings. The Morgan fingerprint density at radius 1 is 1.15 bits per heavy atom. The lowest BCUT2D eigenvalue weighted by Gasteiger charge is -2.33. The molecule has 2 aliphatic rings. The molecule has 172 valence electrons. The van der Waals surface area contributed by atoms with E-state index in [0.717, 1.165) is 71.8 Å². The number of benzene rings is 2. The molecule has 5 nitrogen and oxygen atoms in total. The van der Waals surface area contributed by atoms with Gasteiger partial charge in [-0.05, 0) is 60.9 Å². The van der Waals surface area contributed by atoms with Gasteiger partial charge in [-0.3, -0.25) is 4.79 Å². The first kappa shape index (κ1) is 21.8. The van der Waals surface area contributed by atoms with E-state index in [0.29, 0.717) is 24.7 Å². The van der Waals surface area contributed by atoms with E-state index in [4.69, 9.17) is 9.72 Å². The summed E-state index contributed by atoms with van der Waals surface area (Å²) in [7, 11) is 0. The van der Waals surface area contributed by atoms with Gasteiger partial charge in [-0.15, -0.1) is 0 Å². The van der Waals surface area contributed by atoms with Crippen LogP contribution in [0.15, 0.2) is 36.4 Å². The number of piperidine rings is 1. The van der Waals surface area contributed by atoms with Crippen molar-refractivity contribution in [3.8, 4) is 11.4 Å². The molecule has 0 bridgehead atoms. The van der Waals surface area contributed by atoms with Crippen LogP contribution in [0, 0.1) is 13.8 Å². The first-order valence-electron chi connectivity index (χ1n) is 11.7. The number of halogens is 1. The van der Waals surface area contributed by atoms with Crippen molar-refractivity contribution in [2.75, 3.05) is 19.7 Å². The number of rotatable bonds is 4. The highest BCUT2D eigenvalue weighted by Gasteiger charge is 2.26. The zero-order chi connectivity index (χ0) is 22.9. The van der Waals surface area contributed by atoms with Gasteiger partial charge >= 0.3 is 0 Å². The van der Waals surface area contributed by atoms with Crippen LogP contribution in [0.3, 0.4) is 0 Å². The first-order chi connectivity index (χ1) is 16.0. The minimum atomic E-state index is -0.431. The molecule has 0 unspecified atom stereocenters. The molecule has 0 saturated carbocycles. The fraction of sp³-hybridized carbons (Fsp3) is 0.407. The number of alkyl halides is 1. The number of aromatic nitrogens is 2. The van der Waals surface area contributed by atoms with Crippen LogP contribution < -0.4 is 0 Å². The number of carbonyl (C=O) groups is 1. The molecule has 2 aliphatic heterocycles. The lowest BCUT2D eigenvalue weighted by Crippen LogP contribution is -2.38. The summed E-state index contributed by atoms with van der Waals surface area (Å²) in [5.41, 5.74) is 7.85. The van der Waals surface area contributed by atoms with Crippen molar-refractivity contribution >= 4 is 5.91 Å². The lowest BCUT2D eigenvalue weighted by atomic mass is 9.88. The molecule has 1 N–H and O–H groups in total. The van der Waals surface area contributed by atoms with Crippen LogP contribution in [0.1, 0.15) is 62.8 Å². The summed E-state index contributed by atoms with van der Waals surface area (Å²) in [5.74, 6) is 1.31. The van der Waals surface area contributed by atoms with Gasteiger partial charge in [0.15, 0.2) is 0 Å². The molecule has 1 saturated heterocycles. The van der Waals surface area contributed by atoms with E-state index in [-0.39, 0.29) is 5.91 Å². The second-order valence-electron chi connectivity index (χ2n) is 9.24. The smallest absolute Gasteiger partial charge is 0.254 e. The third-order valence-electron chi connectivity index (χ3n) is 7.04. The summed E-state index contributed by atoms with van der Waals surface area (Å²) in [4.78, 5) is 23.6. The van der Waals surface area contributed by atoms with Crippen molar-refractivity contribution in [3.05, 3.63) is 75.6 Å². The quantitative estimate of drug-likeness (QED) is 0.594. The standard InChI is InChI=1S/C27H30FN3O2/c1-17-13-18(2)23(14-22(17)26-29-24-9-12-33-16-25(24)30-26)27(32)31-10-7-21(8-11-31)20-5-3-19(15-28)4-6-20/h3-6,13-14,21H,7-12,15-16H2,1-2H3,(H,29,30). The molecule has 6 heteroatoms. The van der Waals surface area contributed by atoms with Crippen molar-refractivity contribution in [2.24, 2.45) is 0 Å². The highest BCUT2D eigenvalue weighted by atomic mass is 19.1. The number of ether oxygens (including phenoxy) is 1. The number of nitrogens with one attached hydrogen (secondary N) is 1. The second kappa shape index (κ2) is 9.10. The minimum absolute atomic E-state index is 0.0830. The Balaban J connectivity index is 1.33. The number of nitrogens with zero attached hydrogens (tertiary/aromatic N) is 2. The maximum Gasteiger partial charge on any atom is 0.254 e. The summed E-state index contributed by atoms with van der Waals surface area (Å²) >= 11 is 0. The number of fused-ring (bicyclic) bond motifs is 1. The Labute approximate surface area is 194 Å². The molecular weight excluding hydrogens is 417 g/mol. The van der Waals surface area contributed by atoms with Gasteiger partial charge in [0.2, 0.25) is 0 Å². The normalized spacial score (nSPS) is 16.6. The molecule has 33 heavy (non-hydrogen) atoms. The Morgan fingerprint density at radius 3 is 2.61 bits per heavy atom. The zero-order valence-electron chi connectivity index (χ0n) is 19.3. The zero-order valence-corrected chi connectivity index (χ0v) is 19.3. The fourth-order valence-corrected chi connectivity index (χ4v) is 5.05. The van der Waals surface area contributed by atoms with Crippen molar-refractivity contribution in [3.63, 3.8) is 0 Å². The van der Waals surface area contributed by atoms with Crippen LogP contribution in [0.2, 0.25) is 0 Å². The Morgan fingerprint density at radius 2 is 1.91 bits per heavy atom. The van der Waals surface area contributed by atoms with E-state index in [9.17, 15) is 9.18 Å². The highest BCUT2D eigenvalue weighted by Crippen LogP contribution is 2.31. The molecular formula is C27H30FN3O2. The molecule has 1 aromatic heterocycles. The van der Waals surface area contributed by atoms with Crippen molar-refractivity contribution in [1.82, 2.24) is 14.9 Å². The van der Waals surface area contributed by atoms with Crippen LogP contribution in [0.25, 0.3) is 11.4 Å². The molecule has 5 rings (SSSR count). The van der Waals surface area contributed by atoms with Crippen molar-refractivity contribution < 1.29 is 13.9 Å². The number of aromatic amines is 1. The molecule has 3 heterocycles. The van der Waals surface area contributed by atoms with E-state index in [1.807, 2.05) is 42.2 Å². The van der Waals surface area contributed by atoms with Gasteiger partial charge in [0.1, 0.15) is 12.5 Å². The van der Waals surface area contributed by atoms with Crippen LogP contribution >= 0.6 is 0 Å². The number of imidazole rings is 1. The number of carbonyl (C=O) groups excluding carboxylic acids is 1.